The van der Waals surface area contributed by atoms with E-state index in [0.29, 0.717) is 5.92 Å². The number of fused-ring (bicyclic) bond motifs is 2. The van der Waals surface area contributed by atoms with Crippen LogP contribution in [0.2, 0.25) is 0 Å². The van der Waals surface area contributed by atoms with E-state index in [1.54, 1.807) is 0 Å². The van der Waals surface area contributed by atoms with Crippen molar-refractivity contribution in [3.63, 3.8) is 0 Å². The quantitative estimate of drug-likeness (QED) is 0.582. The Labute approximate surface area is 71.7 Å². The molecule has 0 amide bonds. The normalized spacial score (nSPS) is 44.8. The minimum atomic E-state index is -0.224. The van der Waals surface area contributed by atoms with Gasteiger partial charge in [0.15, 0.2) is 0 Å². The molecule has 0 aromatic carbocycles. The lowest BCUT2D eigenvalue weighted by molar-refractivity contribution is -0.147. The van der Waals surface area contributed by atoms with Crippen LogP contribution in [0.1, 0.15) is 19.8 Å². The molecule has 0 saturated heterocycles. The summed E-state index contributed by atoms with van der Waals surface area (Å²) in [7, 11) is 0. The van der Waals surface area contributed by atoms with E-state index in [1.165, 1.54) is 6.92 Å². The first-order valence-corrected chi connectivity index (χ1v) is 4.37. The van der Waals surface area contributed by atoms with Gasteiger partial charge in [0.25, 0.3) is 0 Å². The smallest absolute Gasteiger partial charge is 0.302 e. The summed E-state index contributed by atoms with van der Waals surface area (Å²) < 4.78 is 5.09. The number of aliphatic hydroxyl groups excluding tert-OH is 1. The summed E-state index contributed by atoms with van der Waals surface area (Å²) in [5.74, 6) is 0.409. The Kier molecular flexibility index (Phi) is 1.83. The average molecular weight is 169 g/mol. The van der Waals surface area contributed by atoms with Crippen LogP contribution >= 0.6 is 0 Å². The van der Waals surface area contributed by atoms with E-state index >= 15 is 0 Å². The fourth-order valence-electron chi connectivity index (χ4n) is 2.29. The summed E-state index contributed by atoms with van der Waals surface area (Å²) >= 11 is 0. The van der Waals surface area contributed by atoms with Crippen LogP contribution in [0.15, 0.2) is 0 Å². The van der Waals surface area contributed by atoms with Crippen molar-refractivity contribution in [1.29, 1.82) is 0 Å². The van der Waals surface area contributed by atoms with E-state index in [9.17, 15) is 9.90 Å². The average Bonchev–Trinajstić information content (AvgIpc) is 2.44. The summed E-state index contributed by atoms with van der Waals surface area (Å²) in [5, 5.41) is 9.40. The number of hydrogen-bond acceptors (Lipinski definition) is 3. The van der Waals surface area contributed by atoms with E-state index in [0.717, 1.165) is 12.8 Å². The Morgan fingerprint density at radius 3 is 2.75 bits per heavy atom. The molecule has 3 nitrogen and oxygen atoms in total. The van der Waals surface area contributed by atoms with Crippen LogP contribution in [-0.2, 0) is 9.53 Å². The van der Waals surface area contributed by atoms with Gasteiger partial charge in [-0.1, -0.05) is 0 Å². The molecule has 2 aliphatic rings. The van der Waals surface area contributed by atoms with E-state index in [2.05, 4.69) is 0 Å². The predicted molar refractivity (Wildman–Crippen MR) is 42.1 cm³/mol. The van der Waals surface area contributed by atoms with Crippen LogP contribution < -0.4 is 0 Å². The molecule has 2 aliphatic carbocycles. The molecule has 0 heterocycles. The monoisotopic (exact) mass is 169 g/mol. The van der Waals surface area contributed by atoms with Crippen LogP contribution in [0.4, 0.5) is 0 Å². The van der Waals surface area contributed by atoms with E-state index in [-0.39, 0.29) is 24.1 Å². The number of rotatable bonds is 1. The number of aliphatic hydroxyl groups is 1. The molecule has 2 bridgehead atoms. The highest BCUT2D eigenvalue weighted by Crippen LogP contribution is 2.45. The van der Waals surface area contributed by atoms with Crippen molar-refractivity contribution in [2.75, 3.05) is 0 Å². The molecule has 2 rings (SSSR count). The Morgan fingerprint density at radius 2 is 2.33 bits per heavy atom. The SMILES string of the molecule is CC(=O)O[C@@H]1[CH][C@@H]2C[C@H]1C[C@H]2O. The van der Waals surface area contributed by atoms with Crippen LogP contribution in [-0.4, -0.2) is 23.3 Å². The molecule has 4 atom stereocenters. The molecule has 0 unspecified atom stereocenters. The van der Waals surface area contributed by atoms with Crippen LogP contribution in [0.25, 0.3) is 0 Å². The summed E-state index contributed by atoms with van der Waals surface area (Å²) in [5.41, 5.74) is 0. The van der Waals surface area contributed by atoms with Crippen molar-refractivity contribution in [2.45, 2.75) is 32.0 Å². The molecule has 1 N–H and O–H groups in total. The third kappa shape index (κ3) is 1.22. The second-order valence-electron chi connectivity index (χ2n) is 3.73. The molecule has 0 aromatic heterocycles. The second-order valence-corrected chi connectivity index (χ2v) is 3.73. The number of esters is 1. The topological polar surface area (TPSA) is 46.5 Å². The van der Waals surface area contributed by atoms with Crippen LogP contribution in [0, 0.1) is 18.3 Å². The molecule has 12 heavy (non-hydrogen) atoms. The highest BCUT2D eigenvalue weighted by Gasteiger charge is 2.46. The Hall–Kier alpha value is -0.570. The summed E-state index contributed by atoms with van der Waals surface area (Å²) in [6.07, 6.45) is 3.52. The first-order chi connectivity index (χ1) is 5.66. The molecule has 0 spiro atoms. The van der Waals surface area contributed by atoms with Crippen molar-refractivity contribution < 1.29 is 14.6 Å². The number of hydrogen-bond donors (Lipinski definition) is 1. The largest absolute Gasteiger partial charge is 0.462 e. The third-order valence-electron chi connectivity index (χ3n) is 2.82. The minimum absolute atomic E-state index is 0.0316. The van der Waals surface area contributed by atoms with Gasteiger partial charge >= 0.3 is 5.97 Å². The molecule has 67 valence electrons. The molecule has 1 radical (unpaired) electrons. The molecular weight excluding hydrogens is 156 g/mol. The van der Waals surface area contributed by atoms with E-state index < -0.39 is 0 Å². The van der Waals surface area contributed by atoms with Gasteiger partial charge in [-0.25, -0.2) is 0 Å². The van der Waals surface area contributed by atoms with Gasteiger partial charge in [0, 0.05) is 13.3 Å². The lowest BCUT2D eigenvalue weighted by atomic mass is 9.95. The zero-order valence-electron chi connectivity index (χ0n) is 7.06. The molecule has 2 fully saturated rings. The maximum absolute atomic E-state index is 10.7. The standard InChI is InChI=1S/C9H13O3/c1-5(10)12-9-4-6-2-7(9)3-8(6)11/h4,6-9,11H,2-3H2,1H3/t6-,7-,8+,9+/m0/s1. The Bertz CT molecular complexity index is 200. The van der Waals surface area contributed by atoms with Crippen molar-refractivity contribution in [3.05, 3.63) is 6.42 Å². The third-order valence-corrected chi connectivity index (χ3v) is 2.82. The summed E-state index contributed by atoms with van der Waals surface area (Å²) in [4.78, 5) is 10.7. The number of carbonyl (C=O) groups excluding carboxylic acids is 1. The van der Waals surface area contributed by atoms with Crippen molar-refractivity contribution in [2.24, 2.45) is 11.8 Å². The first kappa shape index (κ1) is 8.05. The Balaban J connectivity index is 1.94. The highest BCUT2D eigenvalue weighted by atomic mass is 16.5. The molecule has 3 heteroatoms. The maximum Gasteiger partial charge on any atom is 0.302 e. The van der Waals surface area contributed by atoms with Crippen molar-refractivity contribution in [1.82, 2.24) is 0 Å². The summed E-state index contributed by atoms with van der Waals surface area (Å²) in [6.45, 7) is 1.43. The number of carbonyl (C=O) groups is 1. The first-order valence-electron chi connectivity index (χ1n) is 4.37. The molecule has 0 aromatic rings. The fourth-order valence-corrected chi connectivity index (χ4v) is 2.29. The zero-order valence-corrected chi connectivity index (χ0v) is 7.06. The van der Waals surface area contributed by atoms with Crippen molar-refractivity contribution >= 4 is 5.97 Å². The van der Waals surface area contributed by atoms with Gasteiger partial charge in [0.1, 0.15) is 6.10 Å². The molecule has 2 saturated carbocycles. The molecule has 0 aliphatic heterocycles. The van der Waals surface area contributed by atoms with Gasteiger partial charge < -0.3 is 9.84 Å². The number of ether oxygens (including phenoxy) is 1. The van der Waals surface area contributed by atoms with Crippen LogP contribution in [0.3, 0.4) is 0 Å². The van der Waals surface area contributed by atoms with Gasteiger partial charge in [0.2, 0.25) is 0 Å². The highest BCUT2D eigenvalue weighted by molar-refractivity contribution is 5.66. The fraction of sp³-hybridized carbons (Fsp3) is 0.778. The lowest BCUT2D eigenvalue weighted by Crippen LogP contribution is -2.29. The second kappa shape index (κ2) is 2.73. The van der Waals surface area contributed by atoms with E-state index in [4.69, 9.17) is 4.74 Å². The Morgan fingerprint density at radius 1 is 1.58 bits per heavy atom. The van der Waals surface area contributed by atoms with E-state index in [1.807, 2.05) is 6.42 Å². The van der Waals surface area contributed by atoms with Crippen LogP contribution in [0.5, 0.6) is 0 Å². The zero-order chi connectivity index (χ0) is 8.72. The van der Waals surface area contributed by atoms with Gasteiger partial charge in [-0.2, -0.15) is 0 Å². The van der Waals surface area contributed by atoms with Gasteiger partial charge in [-0.15, -0.1) is 0 Å². The lowest BCUT2D eigenvalue weighted by Gasteiger charge is -2.23. The predicted octanol–water partition coefficient (Wildman–Crippen LogP) is 0.523. The van der Waals surface area contributed by atoms with Gasteiger partial charge in [-0.3, -0.25) is 4.79 Å². The van der Waals surface area contributed by atoms with Crippen molar-refractivity contribution in [3.8, 4) is 0 Å². The molecular formula is C9H13O3. The van der Waals surface area contributed by atoms with Gasteiger partial charge in [0.05, 0.1) is 6.10 Å². The van der Waals surface area contributed by atoms with Gasteiger partial charge in [-0.05, 0) is 24.7 Å². The maximum atomic E-state index is 10.7. The summed E-state index contributed by atoms with van der Waals surface area (Å²) in [6, 6.07) is 0. The minimum Gasteiger partial charge on any atom is -0.462 e.